The fourth-order valence-corrected chi connectivity index (χ4v) is 3.29. The van der Waals surface area contributed by atoms with Crippen molar-refractivity contribution in [2.24, 2.45) is 5.92 Å². The summed E-state index contributed by atoms with van der Waals surface area (Å²) in [6, 6.07) is 2.40. The quantitative estimate of drug-likeness (QED) is 0.725. The monoisotopic (exact) mass is 196 g/mol. The van der Waals surface area contributed by atoms with E-state index in [-0.39, 0.29) is 0 Å². The third-order valence-corrected chi connectivity index (χ3v) is 4.14. The molecule has 4 unspecified atom stereocenters. The first kappa shape index (κ1) is 10.4. The van der Waals surface area contributed by atoms with Crippen LogP contribution in [0.3, 0.4) is 0 Å². The topological polar surface area (TPSA) is 15.3 Å². The molecule has 1 N–H and O–H groups in total. The molecule has 0 amide bonds. The lowest BCUT2D eigenvalue weighted by Gasteiger charge is -2.31. The van der Waals surface area contributed by atoms with E-state index in [2.05, 4.69) is 31.0 Å². The highest BCUT2D eigenvalue weighted by Crippen LogP contribution is 2.30. The summed E-state index contributed by atoms with van der Waals surface area (Å²) in [6.45, 7) is 9.61. The third-order valence-electron chi connectivity index (χ3n) is 4.14. The van der Waals surface area contributed by atoms with Gasteiger partial charge in [-0.25, -0.2) is 0 Å². The van der Waals surface area contributed by atoms with Gasteiger partial charge in [0.25, 0.3) is 0 Å². The maximum Gasteiger partial charge on any atom is 0.0238 e. The van der Waals surface area contributed by atoms with E-state index < -0.39 is 0 Å². The molecule has 82 valence electrons. The summed E-state index contributed by atoms with van der Waals surface area (Å²) < 4.78 is 0. The number of likely N-dealkylation sites (tertiary alicyclic amines) is 1. The maximum atomic E-state index is 3.56. The standard InChI is InChI=1S/C12H24N2/c1-4-12-9(2)5-6-14(12)11-7-10(3)13-8-11/h9-13H,4-8H2,1-3H3. The van der Waals surface area contributed by atoms with Gasteiger partial charge in [-0.05, 0) is 38.6 Å². The van der Waals surface area contributed by atoms with Gasteiger partial charge in [0.15, 0.2) is 0 Å². The summed E-state index contributed by atoms with van der Waals surface area (Å²) in [4.78, 5) is 2.77. The minimum absolute atomic E-state index is 0.730. The molecule has 0 aliphatic carbocycles. The number of hydrogen-bond donors (Lipinski definition) is 1. The highest BCUT2D eigenvalue weighted by molar-refractivity contribution is 4.93. The van der Waals surface area contributed by atoms with Crippen molar-refractivity contribution in [3.63, 3.8) is 0 Å². The van der Waals surface area contributed by atoms with Crippen LogP contribution in [0.25, 0.3) is 0 Å². The molecule has 14 heavy (non-hydrogen) atoms. The molecule has 2 aliphatic rings. The van der Waals surface area contributed by atoms with E-state index >= 15 is 0 Å². The van der Waals surface area contributed by atoms with Crippen molar-refractivity contribution in [1.82, 2.24) is 10.2 Å². The van der Waals surface area contributed by atoms with Crippen LogP contribution in [0.1, 0.15) is 40.0 Å². The zero-order valence-electron chi connectivity index (χ0n) is 9.79. The molecule has 0 bridgehead atoms. The van der Waals surface area contributed by atoms with Gasteiger partial charge >= 0.3 is 0 Å². The Morgan fingerprint density at radius 3 is 2.71 bits per heavy atom. The first-order chi connectivity index (χ1) is 6.72. The van der Waals surface area contributed by atoms with Gasteiger partial charge in [0.05, 0.1) is 0 Å². The fourth-order valence-electron chi connectivity index (χ4n) is 3.29. The number of rotatable bonds is 2. The summed E-state index contributed by atoms with van der Waals surface area (Å²) in [5, 5.41) is 3.56. The zero-order chi connectivity index (χ0) is 10.1. The minimum Gasteiger partial charge on any atom is -0.313 e. The molecule has 2 heteroatoms. The Balaban J connectivity index is 1.97. The zero-order valence-corrected chi connectivity index (χ0v) is 9.79. The molecule has 0 aromatic heterocycles. The Bertz CT molecular complexity index is 193. The second kappa shape index (κ2) is 4.19. The molecule has 2 fully saturated rings. The van der Waals surface area contributed by atoms with Gasteiger partial charge < -0.3 is 5.32 Å². The molecule has 2 heterocycles. The molecule has 0 radical (unpaired) electrons. The number of nitrogens with zero attached hydrogens (tertiary/aromatic N) is 1. The van der Waals surface area contributed by atoms with E-state index in [1.165, 1.54) is 32.4 Å². The summed E-state index contributed by atoms with van der Waals surface area (Å²) in [7, 11) is 0. The van der Waals surface area contributed by atoms with Crippen LogP contribution in [0.4, 0.5) is 0 Å². The van der Waals surface area contributed by atoms with Crippen LogP contribution >= 0.6 is 0 Å². The Hall–Kier alpha value is -0.0800. The van der Waals surface area contributed by atoms with Gasteiger partial charge in [-0.15, -0.1) is 0 Å². The van der Waals surface area contributed by atoms with Crippen LogP contribution in [0.5, 0.6) is 0 Å². The van der Waals surface area contributed by atoms with Crippen molar-refractivity contribution in [1.29, 1.82) is 0 Å². The van der Waals surface area contributed by atoms with E-state index in [0.29, 0.717) is 0 Å². The molecule has 2 saturated heterocycles. The first-order valence-electron chi connectivity index (χ1n) is 6.21. The van der Waals surface area contributed by atoms with Gasteiger partial charge in [0.2, 0.25) is 0 Å². The van der Waals surface area contributed by atoms with Gasteiger partial charge in [-0.3, -0.25) is 4.90 Å². The molecule has 0 spiro atoms. The van der Waals surface area contributed by atoms with E-state index in [0.717, 1.165) is 24.0 Å². The fraction of sp³-hybridized carbons (Fsp3) is 1.00. The molecule has 0 aromatic rings. The molecule has 2 aliphatic heterocycles. The lowest BCUT2D eigenvalue weighted by atomic mass is 10.00. The van der Waals surface area contributed by atoms with Crippen LogP contribution in [0, 0.1) is 5.92 Å². The van der Waals surface area contributed by atoms with Crippen LogP contribution in [-0.2, 0) is 0 Å². The van der Waals surface area contributed by atoms with Crippen LogP contribution in [-0.4, -0.2) is 36.1 Å². The third kappa shape index (κ3) is 1.82. The first-order valence-corrected chi connectivity index (χ1v) is 6.21. The highest BCUT2D eigenvalue weighted by Gasteiger charge is 2.36. The molecule has 4 atom stereocenters. The summed E-state index contributed by atoms with van der Waals surface area (Å²) >= 11 is 0. The molecular weight excluding hydrogens is 172 g/mol. The Morgan fingerprint density at radius 1 is 1.36 bits per heavy atom. The van der Waals surface area contributed by atoms with Gasteiger partial charge in [-0.2, -0.15) is 0 Å². The van der Waals surface area contributed by atoms with Crippen molar-refractivity contribution < 1.29 is 0 Å². The second-order valence-corrected chi connectivity index (χ2v) is 5.18. The summed E-state index contributed by atoms with van der Waals surface area (Å²) in [5.74, 6) is 0.913. The Labute approximate surface area is 88.1 Å². The normalized spacial score (nSPS) is 44.8. The van der Waals surface area contributed by atoms with Crippen molar-refractivity contribution in [2.45, 2.75) is 58.2 Å². The largest absolute Gasteiger partial charge is 0.313 e. The maximum absolute atomic E-state index is 3.56. The van der Waals surface area contributed by atoms with Crippen LogP contribution in [0.15, 0.2) is 0 Å². The van der Waals surface area contributed by atoms with E-state index in [9.17, 15) is 0 Å². The summed E-state index contributed by atoms with van der Waals surface area (Å²) in [5.41, 5.74) is 0. The Kier molecular flexibility index (Phi) is 3.13. The molecule has 2 nitrogen and oxygen atoms in total. The van der Waals surface area contributed by atoms with E-state index in [4.69, 9.17) is 0 Å². The van der Waals surface area contributed by atoms with E-state index in [1.807, 2.05) is 0 Å². The predicted octanol–water partition coefficient (Wildman–Crippen LogP) is 1.86. The lowest BCUT2D eigenvalue weighted by Crippen LogP contribution is -2.41. The second-order valence-electron chi connectivity index (χ2n) is 5.18. The highest BCUT2D eigenvalue weighted by atomic mass is 15.2. The number of nitrogens with one attached hydrogen (secondary N) is 1. The van der Waals surface area contributed by atoms with Crippen molar-refractivity contribution >= 4 is 0 Å². The summed E-state index contributed by atoms with van der Waals surface area (Å²) in [6.07, 6.45) is 4.08. The molecule has 0 saturated carbocycles. The van der Waals surface area contributed by atoms with Crippen LogP contribution < -0.4 is 5.32 Å². The average molecular weight is 196 g/mol. The van der Waals surface area contributed by atoms with Gasteiger partial charge in [-0.1, -0.05) is 13.8 Å². The van der Waals surface area contributed by atoms with Crippen molar-refractivity contribution in [2.75, 3.05) is 13.1 Å². The number of hydrogen-bond acceptors (Lipinski definition) is 2. The van der Waals surface area contributed by atoms with Gasteiger partial charge in [0.1, 0.15) is 0 Å². The minimum atomic E-state index is 0.730. The molecule has 0 aromatic carbocycles. The predicted molar refractivity (Wildman–Crippen MR) is 60.4 cm³/mol. The van der Waals surface area contributed by atoms with Crippen molar-refractivity contribution in [3.05, 3.63) is 0 Å². The smallest absolute Gasteiger partial charge is 0.0238 e. The van der Waals surface area contributed by atoms with Gasteiger partial charge in [0, 0.05) is 24.7 Å². The molecular formula is C12H24N2. The SMILES string of the molecule is CCC1C(C)CCN1C1CNC(C)C1. The van der Waals surface area contributed by atoms with E-state index in [1.54, 1.807) is 0 Å². The van der Waals surface area contributed by atoms with Crippen LogP contribution in [0.2, 0.25) is 0 Å². The lowest BCUT2D eigenvalue weighted by molar-refractivity contribution is 0.168. The average Bonchev–Trinajstić information content (AvgIpc) is 2.71. The molecule has 2 rings (SSSR count). The Morgan fingerprint density at radius 2 is 2.14 bits per heavy atom. The van der Waals surface area contributed by atoms with Crippen molar-refractivity contribution in [3.8, 4) is 0 Å².